The number of hydrogen-bond acceptors (Lipinski definition) is 3. The van der Waals surface area contributed by atoms with Gasteiger partial charge in [-0.2, -0.15) is 0 Å². The lowest BCUT2D eigenvalue weighted by atomic mass is 9.78. The molecule has 3 nitrogen and oxygen atoms in total. The molecule has 0 bridgehead atoms. The summed E-state index contributed by atoms with van der Waals surface area (Å²) in [5.41, 5.74) is 3.77. The van der Waals surface area contributed by atoms with Crippen molar-refractivity contribution in [2.24, 2.45) is 0 Å². The fourth-order valence-electron chi connectivity index (χ4n) is 3.01. The molecule has 0 saturated heterocycles. The van der Waals surface area contributed by atoms with Crippen molar-refractivity contribution in [2.75, 3.05) is 0 Å². The van der Waals surface area contributed by atoms with Gasteiger partial charge in [-0.05, 0) is 35.9 Å². The van der Waals surface area contributed by atoms with Crippen molar-refractivity contribution >= 4 is 14.3 Å². The first-order chi connectivity index (χ1) is 12.8. The third kappa shape index (κ3) is 5.33. The Morgan fingerprint density at radius 1 is 0.897 bits per heavy atom. The third-order valence-electron chi connectivity index (χ3n) is 6.02. The Labute approximate surface area is 179 Å². The summed E-state index contributed by atoms with van der Waals surface area (Å²) < 4.78 is 12.4. The minimum atomic E-state index is -1.94. The summed E-state index contributed by atoms with van der Waals surface area (Å²) in [6, 6.07) is 4.29. The summed E-state index contributed by atoms with van der Waals surface area (Å²) in [6.45, 7) is 26.1. The Balaban J connectivity index is 2.40. The summed E-state index contributed by atoms with van der Waals surface area (Å²) in [6.07, 6.45) is 0.604. The van der Waals surface area contributed by atoms with Gasteiger partial charge in [0.2, 0.25) is 8.32 Å². The lowest BCUT2D eigenvalue weighted by Gasteiger charge is -2.35. The van der Waals surface area contributed by atoms with E-state index in [1.165, 1.54) is 5.56 Å². The van der Waals surface area contributed by atoms with Crippen molar-refractivity contribution in [2.45, 2.75) is 105 Å². The van der Waals surface area contributed by atoms with Gasteiger partial charge in [0.15, 0.2) is 0 Å². The summed E-state index contributed by atoms with van der Waals surface area (Å²) in [5.74, 6) is 1.27. The van der Waals surface area contributed by atoms with Crippen molar-refractivity contribution < 1.29 is 14.0 Å². The maximum atomic E-state index is 13.0. The topological polar surface area (TPSA) is 35.5 Å². The number of benzene rings is 1. The minimum absolute atomic E-state index is 0.105. The van der Waals surface area contributed by atoms with Crippen LogP contribution in [0, 0.1) is 6.92 Å². The van der Waals surface area contributed by atoms with Crippen molar-refractivity contribution in [3.63, 3.8) is 0 Å². The highest BCUT2D eigenvalue weighted by atomic mass is 28.4. The molecule has 0 fully saturated rings. The van der Waals surface area contributed by atoms with Crippen LogP contribution in [-0.2, 0) is 20.1 Å². The van der Waals surface area contributed by atoms with Crippen molar-refractivity contribution in [3.8, 4) is 5.75 Å². The Morgan fingerprint density at radius 3 is 1.72 bits per heavy atom. The van der Waals surface area contributed by atoms with Gasteiger partial charge in [0.1, 0.15) is 5.75 Å². The van der Waals surface area contributed by atoms with E-state index in [1.807, 2.05) is 0 Å². The fraction of sp³-hybridized carbons (Fsp3) is 0.640. The highest BCUT2D eigenvalue weighted by Gasteiger charge is 2.44. The second-order valence-electron chi connectivity index (χ2n) is 12.0. The summed E-state index contributed by atoms with van der Waals surface area (Å²) in [5, 5.41) is 0.105. The summed E-state index contributed by atoms with van der Waals surface area (Å²) >= 11 is 0. The summed E-state index contributed by atoms with van der Waals surface area (Å²) in [7, 11) is -1.94. The van der Waals surface area contributed by atoms with Crippen LogP contribution in [0.1, 0.15) is 85.4 Å². The Hall–Kier alpha value is -1.55. The van der Waals surface area contributed by atoms with E-state index in [2.05, 4.69) is 94.5 Å². The number of allylic oxidation sites excluding steroid dienone is 1. The van der Waals surface area contributed by atoms with Crippen LogP contribution < -0.4 is 4.74 Å². The van der Waals surface area contributed by atoms with Gasteiger partial charge in [-0.1, -0.05) is 80.0 Å². The maximum absolute atomic E-state index is 13.0. The molecule has 162 valence electrons. The Morgan fingerprint density at radius 2 is 1.34 bits per heavy atom. The smallest absolute Gasteiger partial charge is 0.343 e. The predicted octanol–water partition coefficient (Wildman–Crippen LogP) is 7.18. The molecule has 29 heavy (non-hydrogen) atoms. The van der Waals surface area contributed by atoms with Crippen LogP contribution in [0.3, 0.4) is 0 Å². The molecule has 1 aliphatic carbocycles. The van der Waals surface area contributed by atoms with Crippen LogP contribution in [0.2, 0.25) is 18.1 Å². The molecule has 0 N–H and O–H groups in total. The molecule has 0 unspecified atom stereocenters. The van der Waals surface area contributed by atoms with Crippen molar-refractivity contribution in [1.82, 2.24) is 0 Å². The van der Waals surface area contributed by atoms with E-state index in [0.29, 0.717) is 17.7 Å². The van der Waals surface area contributed by atoms with Gasteiger partial charge in [0.05, 0.1) is 11.3 Å². The van der Waals surface area contributed by atoms with Crippen LogP contribution in [0.25, 0.3) is 0 Å². The summed E-state index contributed by atoms with van der Waals surface area (Å²) in [4.78, 5) is 13.0. The normalized spacial score (nSPS) is 15.4. The van der Waals surface area contributed by atoms with Crippen LogP contribution >= 0.6 is 0 Å². The molecule has 0 saturated carbocycles. The molecule has 0 atom stereocenters. The standard InChI is InChI=1S/C25H40O3Si/c1-16-13-18(23(2,3)4)21(19(14-16)24(5,6)7)27-22(26)17-15-20(17)28-29(11,12)25(8,9)10/h13-14H,15H2,1-12H3. The number of aryl methyl sites for hydroxylation is 1. The first-order valence-corrected chi connectivity index (χ1v) is 13.5. The predicted molar refractivity (Wildman–Crippen MR) is 124 cm³/mol. The largest absolute Gasteiger partial charge is 0.546 e. The van der Waals surface area contributed by atoms with Crippen molar-refractivity contribution in [3.05, 3.63) is 40.2 Å². The molecular formula is C25H40O3Si. The van der Waals surface area contributed by atoms with Crippen LogP contribution in [0.4, 0.5) is 0 Å². The van der Waals surface area contributed by atoms with Crippen molar-refractivity contribution in [1.29, 1.82) is 0 Å². The minimum Gasteiger partial charge on any atom is -0.546 e. The van der Waals surface area contributed by atoms with E-state index in [9.17, 15) is 4.79 Å². The number of carbonyl (C=O) groups excluding carboxylic acids is 1. The van der Waals surface area contributed by atoms with Crippen LogP contribution in [0.5, 0.6) is 5.75 Å². The maximum Gasteiger partial charge on any atom is 0.343 e. The average molecular weight is 417 g/mol. The van der Waals surface area contributed by atoms with E-state index in [4.69, 9.17) is 9.16 Å². The number of esters is 1. The molecule has 4 heteroatoms. The first kappa shape index (κ1) is 23.7. The zero-order valence-electron chi connectivity index (χ0n) is 20.6. The molecule has 0 aromatic heterocycles. The number of hydrogen-bond donors (Lipinski definition) is 0. The SMILES string of the molecule is Cc1cc(C(C)(C)C)c(OC(=O)C2=C(O[Si](C)(C)C(C)(C)C)C2)c(C(C)(C)C)c1. The molecule has 1 aliphatic rings. The lowest BCUT2D eigenvalue weighted by Crippen LogP contribution is -2.39. The molecule has 0 heterocycles. The first-order valence-electron chi connectivity index (χ1n) is 10.6. The van der Waals surface area contributed by atoms with Gasteiger partial charge in [-0.15, -0.1) is 0 Å². The van der Waals surface area contributed by atoms with Gasteiger partial charge in [0, 0.05) is 17.5 Å². The van der Waals surface area contributed by atoms with Crippen LogP contribution in [0.15, 0.2) is 23.5 Å². The van der Waals surface area contributed by atoms with E-state index in [-0.39, 0.29) is 21.8 Å². The molecule has 0 amide bonds. The number of rotatable bonds is 4. The quantitative estimate of drug-likeness (QED) is 0.296. The number of ether oxygens (including phenoxy) is 1. The van der Waals surface area contributed by atoms with Crippen LogP contribution in [-0.4, -0.2) is 14.3 Å². The van der Waals surface area contributed by atoms with E-state index in [1.54, 1.807) is 0 Å². The third-order valence-corrected chi connectivity index (χ3v) is 10.4. The van der Waals surface area contributed by atoms with Gasteiger partial charge in [-0.3, -0.25) is 0 Å². The molecule has 0 aliphatic heterocycles. The highest BCUT2D eigenvalue weighted by molar-refractivity contribution is 6.74. The molecule has 2 rings (SSSR count). The van der Waals surface area contributed by atoms with Gasteiger partial charge in [0.25, 0.3) is 0 Å². The Kier molecular flexibility index (Phi) is 5.97. The molecule has 0 radical (unpaired) electrons. The zero-order valence-corrected chi connectivity index (χ0v) is 21.6. The van der Waals surface area contributed by atoms with E-state index < -0.39 is 8.32 Å². The molecule has 0 spiro atoms. The lowest BCUT2D eigenvalue weighted by molar-refractivity contribution is -0.129. The number of carbonyl (C=O) groups is 1. The van der Waals surface area contributed by atoms with Gasteiger partial charge < -0.3 is 9.16 Å². The van der Waals surface area contributed by atoms with Gasteiger partial charge in [-0.25, -0.2) is 4.79 Å². The average Bonchev–Trinajstić information content (AvgIpc) is 3.23. The second-order valence-corrected chi connectivity index (χ2v) is 16.7. The van der Waals surface area contributed by atoms with Gasteiger partial charge >= 0.3 is 5.97 Å². The second kappa shape index (κ2) is 7.30. The highest BCUT2D eigenvalue weighted by Crippen LogP contribution is 2.45. The molecular weight excluding hydrogens is 376 g/mol. The monoisotopic (exact) mass is 416 g/mol. The fourth-order valence-corrected chi connectivity index (χ4v) is 4.13. The van der Waals surface area contributed by atoms with E-state index in [0.717, 1.165) is 16.9 Å². The van der Waals surface area contributed by atoms with E-state index >= 15 is 0 Å². The molecule has 1 aromatic rings. The molecule has 1 aromatic carbocycles. The Bertz CT molecular complexity index is 805. The zero-order chi connectivity index (χ0) is 22.6.